The molecule has 0 amide bonds. The van der Waals surface area contributed by atoms with Crippen LogP contribution in [0.4, 0.5) is 5.69 Å². The number of sulfone groups is 1. The molecule has 8 heteroatoms. The molecule has 0 radical (unpaired) electrons. The van der Waals surface area contributed by atoms with Crippen LogP contribution in [0.25, 0.3) is 5.52 Å². The van der Waals surface area contributed by atoms with Gasteiger partial charge in [0.05, 0.1) is 5.52 Å². The van der Waals surface area contributed by atoms with E-state index < -0.39 is 15.8 Å². The molecular formula is C10H11N3O4S. The van der Waals surface area contributed by atoms with Gasteiger partial charge in [0.1, 0.15) is 11.6 Å². The Kier molecular flexibility index (Phi) is 2.74. The van der Waals surface area contributed by atoms with Gasteiger partial charge in [-0.25, -0.2) is 18.2 Å². The Labute approximate surface area is 103 Å². The summed E-state index contributed by atoms with van der Waals surface area (Å²) in [5.74, 6) is -1.42. The summed E-state index contributed by atoms with van der Waals surface area (Å²) >= 11 is 0. The highest BCUT2D eigenvalue weighted by Gasteiger charge is 2.19. The van der Waals surface area contributed by atoms with Crippen molar-refractivity contribution in [1.82, 2.24) is 9.38 Å². The maximum Gasteiger partial charge on any atom is 0.356 e. The lowest BCUT2D eigenvalue weighted by Gasteiger charge is -2.01. The number of rotatable bonds is 3. The van der Waals surface area contributed by atoms with Gasteiger partial charge < -0.3 is 10.8 Å². The highest BCUT2D eigenvalue weighted by Crippen LogP contribution is 2.17. The molecule has 0 saturated heterocycles. The summed E-state index contributed by atoms with van der Waals surface area (Å²) in [6, 6.07) is 3.03. The van der Waals surface area contributed by atoms with Crippen molar-refractivity contribution in [2.75, 3.05) is 12.0 Å². The quantitative estimate of drug-likeness (QED) is 0.820. The molecule has 2 rings (SSSR count). The molecule has 0 aromatic carbocycles. The zero-order valence-corrected chi connectivity index (χ0v) is 10.3. The van der Waals surface area contributed by atoms with E-state index in [4.69, 9.17) is 10.8 Å². The third-order valence-corrected chi connectivity index (χ3v) is 3.11. The van der Waals surface area contributed by atoms with Gasteiger partial charge in [0.2, 0.25) is 0 Å². The number of imidazole rings is 1. The van der Waals surface area contributed by atoms with Gasteiger partial charge in [0.25, 0.3) is 0 Å². The largest absolute Gasteiger partial charge is 0.476 e. The molecular weight excluding hydrogens is 258 g/mol. The predicted molar refractivity (Wildman–Crippen MR) is 65.1 cm³/mol. The Bertz CT molecular complexity index is 733. The number of hydrogen-bond donors (Lipinski definition) is 2. The molecule has 7 nitrogen and oxygen atoms in total. The fourth-order valence-electron chi connectivity index (χ4n) is 1.66. The summed E-state index contributed by atoms with van der Waals surface area (Å²) in [6.07, 6.45) is 2.51. The zero-order valence-electron chi connectivity index (χ0n) is 9.49. The van der Waals surface area contributed by atoms with E-state index in [2.05, 4.69) is 4.98 Å². The maximum absolute atomic E-state index is 11.3. The van der Waals surface area contributed by atoms with Gasteiger partial charge in [-0.05, 0) is 12.1 Å². The first kappa shape index (κ1) is 12.4. The number of aromatic carboxylic acids is 1. The van der Waals surface area contributed by atoms with Crippen LogP contribution in [0.2, 0.25) is 0 Å². The molecule has 0 unspecified atom stereocenters. The SMILES string of the molecule is CS(=O)(=O)Cc1nc(C(=O)O)c2ccc(N)cn12. The molecule has 18 heavy (non-hydrogen) atoms. The average Bonchev–Trinajstić information content (AvgIpc) is 2.54. The molecule has 0 spiro atoms. The lowest BCUT2D eigenvalue weighted by Crippen LogP contribution is -2.05. The van der Waals surface area contributed by atoms with Crippen LogP contribution in [0.3, 0.4) is 0 Å². The number of nitrogens with two attached hydrogens (primary N) is 1. The minimum Gasteiger partial charge on any atom is -0.476 e. The van der Waals surface area contributed by atoms with Gasteiger partial charge in [-0.3, -0.25) is 4.40 Å². The second-order valence-corrected chi connectivity index (χ2v) is 6.11. The second kappa shape index (κ2) is 3.98. The van der Waals surface area contributed by atoms with Gasteiger partial charge in [-0.1, -0.05) is 0 Å². The van der Waals surface area contributed by atoms with Crippen molar-refractivity contribution in [3.05, 3.63) is 29.8 Å². The Morgan fingerprint density at radius 3 is 2.72 bits per heavy atom. The number of hydrogen-bond acceptors (Lipinski definition) is 5. The third kappa shape index (κ3) is 2.28. The highest BCUT2D eigenvalue weighted by molar-refractivity contribution is 7.89. The molecule has 0 aliphatic carbocycles. The molecule has 0 fully saturated rings. The number of nitrogens with zero attached hydrogens (tertiary/aromatic N) is 2. The second-order valence-electron chi connectivity index (χ2n) is 3.97. The Morgan fingerprint density at radius 1 is 1.50 bits per heavy atom. The Balaban J connectivity index is 2.73. The number of nitrogen functional groups attached to an aromatic ring is 1. The van der Waals surface area contributed by atoms with E-state index in [9.17, 15) is 13.2 Å². The molecule has 0 aliphatic rings. The van der Waals surface area contributed by atoms with E-state index >= 15 is 0 Å². The predicted octanol–water partition coefficient (Wildman–Crippen LogP) is 0.159. The fraction of sp³-hybridized carbons (Fsp3) is 0.200. The van der Waals surface area contributed by atoms with E-state index in [0.29, 0.717) is 11.2 Å². The smallest absolute Gasteiger partial charge is 0.356 e. The van der Waals surface area contributed by atoms with Crippen LogP contribution in [0.5, 0.6) is 0 Å². The van der Waals surface area contributed by atoms with Crippen molar-refractivity contribution < 1.29 is 18.3 Å². The summed E-state index contributed by atoms with van der Waals surface area (Å²) in [4.78, 5) is 14.9. The first-order valence-electron chi connectivity index (χ1n) is 4.95. The minimum atomic E-state index is -3.31. The van der Waals surface area contributed by atoms with Crippen molar-refractivity contribution in [3.63, 3.8) is 0 Å². The minimum absolute atomic E-state index is 0.136. The van der Waals surface area contributed by atoms with Crippen LogP contribution < -0.4 is 5.73 Å². The maximum atomic E-state index is 11.3. The van der Waals surface area contributed by atoms with E-state index in [1.165, 1.54) is 22.7 Å². The third-order valence-electron chi connectivity index (χ3n) is 2.33. The van der Waals surface area contributed by atoms with Gasteiger partial charge >= 0.3 is 5.97 Å². The van der Waals surface area contributed by atoms with Gasteiger partial charge in [-0.2, -0.15) is 0 Å². The van der Waals surface area contributed by atoms with E-state index in [1.54, 1.807) is 0 Å². The number of anilines is 1. The highest BCUT2D eigenvalue weighted by atomic mass is 32.2. The van der Waals surface area contributed by atoms with Gasteiger partial charge in [0.15, 0.2) is 15.5 Å². The molecule has 2 aromatic rings. The number of aromatic nitrogens is 2. The summed E-state index contributed by atoms with van der Waals surface area (Å²) in [5, 5.41) is 9.01. The summed E-state index contributed by atoms with van der Waals surface area (Å²) in [5.41, 5.74) is 6.12. The number of carboxylic acids is 1. The number of carboxylic acid groups (broad SMARTS) is 1. The summed E-state index contributed by atoms with van der Waals surface area (Å²) in [6.45, 7) is 0. The summed E-state index contributed by atoms with van der Waals surface area (Å²) < 4.78 is 23.9. The molecule has 96 valence electrons. The topological polar surface area (TPSA) is 115 Å². The van der Waals surface area contributed by atoms with Gasteiger partial charge in [0, 0.05) is 18.1 Å². The number of carbonyl (C=O) groups is 1. The zero-order chi connectivity index (χ0) is 13.5. The molecule has 2 heterocycles. The van der Waals surface area contributed by atoms with Crippen LogP contribution in [0, 0.1) is 0 Å². The lowest BCUT2D eigenvalue weighted by atomic mass is 10.3. The van der Waals surface area contributed by atoms with Crippen LogP contribution in [-0.4, -0.2) is 35.1 Å². The molecule has 0 saturated carbocycles. The standard InChI is InChI=1S/C10H11N3O4S/c1-18(16,17)5-8-12-9(10(14)15)7-3-2-6(11)4-13(7)8/h2-4H,5,11H2,1H3,(H,14,15). The Hall–Kier alpha value is -2.09. The van der Waals surface area contributed by atoms with Crippen molar-refractivity contribution >= 4 is 27.0 Å². The molecule has 0 atom stereocenters. The lowest BCUT2D eigenvalue weighted by molar-refractivity contribution is 0.0693. The van der Waals surface area contributed by atoms with Crippen LogP contribution in [-0.2, 0) is 15.6 Å². The van der Waals surface area contributed by atoms with Crippen molar-refractivity contribution in [3.8, 4) is 0 Å². The number of fused-ring (bicyclic) bond motifs is 1. The molecule has 3 N–H and O–H groups in total. The average molecular weight is 269 g/mol. The monoisotopic (exact) mass is 269 g/mol. The van der Waals surface area contributed by atoms with E-state index in [1.807, 2.05) is 0 Å². The molecule has 0 aliphatic heterocycles. The first-order chi connectivity index (χ1) is 8.28. The molecule has 2 aromatic heterocycles. The van der Waals surface area contributed by atoms with Crippen molar-refractivity contribution in [2.45, 2.75) is 5.75 Å². The van der Waals surface area contributed by atoms with Crippen molar-refractivity contribution in [2.24, 2.45) is 0 Å². The normalized spacial score (nSPS) is 11.8. The Morgan fingerprint density at radius 2 is 2.17 bits per heavy atom. The number of pyridine rings is 1. The van der Waals surface area contributed by atoms with E-state index in [0.717, 1.165) is 6.26 Å². The fourth-order valence-corrected chi connectivity index (χ4v) is 2.33. The first-order valence-corrected chi connectivity index (χ1v) is 7.01. The van der Waals surface area contributed by atoms with E-state index in [-0.39, 0.29) is 17.3 Å². The van der Waals surface area contributed by atoms with Crippen molar-refractivity contribution in [1.29, 1.82) is 0 Å². The molecule has 0 bridgehead atoms. The summed E-state index contributed by atoms with van der Waals surface area (Å²) in [7, 11) is -3.31. The van der Waals surface area contributed by atoms with Crippen LogP contribution in [0.1, 0.15) is 16.3 Å². The van der Waals surface area contributed by atoms with Crippen LogP contribution >= 0.6 is 0 Å². The van der Waals surface area contributed by atoms with Gasteiger partial charge in [-0.15, -0.1) is 0 Å². The van der Waals surface area contributed by atoms with Crippen LogP contribution in [0.15, 0.2) is 18.3 Å².